The molecule has 2 N–H and O–H groups in total. The van der Waals surface area contributed by atoms with Gasteiger partial charge in [-0.1, -0.05) is 31.7 Å². The largest absolute Gasteiger partial charge is 0.481 e. The molecule has 0 fully saturated rings. The van der Waals surface area contributed by atoms with E-state index in [0.717, 1.165) is 57.8 Å². The predicted molar refractivity (Wildman–Crippen MR) is 128 cm³/mol. The number of carbonyl (C=O) groups is 2. The number of hydrogen-bond acceptors (Lipinski definition) is 2. The molecule has 0 bridgehead atoms. The molecule has 0 amide bonds. The van der Waals surface area contributed by atoms with Crippen molar-refractivity contribution in [3.05, 3.63) is 33.9 Å². The van der Waals surface area contributed by atoms with Gasteiger partial charge in [-0.15, -0.1) is 0 Å². The van der Waals surface area contributed by atoms with E-state index in [0.29, 0.717) is 6.42 Å². The second-order valence-corrected chi connectivity index (χ2v) is 10.6. The van der Waals surface area contributed by atoms with Gasteiger partial charge in [0.15, 0.2) is 0 Å². The van der Waals surface area contributed by atoms with Crippen molar-refractivity contribution in [1.82, 2.24) is 0 Å². The smallest absolute Gasteiger partial charge is 0.309 e. The van der Waals surface area contributed by atoms with Crippen molar-refractivity contribution in [2.45, 2.75) is 113 Å². The van der Waals surface area contributed by atoms with Crippen LogP contribution in [0.3, 0.4) is 0 Å². The van der Waals surface area contributed by atoms with Gasteiger partial charge in [-0.3, -0.25) is 9.59 Å². The molecule has 0 radical (unpaired) electrons. The Kier molecular flexibility index (Phi) is 10.3. The summed E-state index contributed by atoms with van der Waals surface area (Å²) in [6.07, 6.45) is 9.73. The van der Waals surface area contributed by atoms with Crippen LogP contribution in [0.5, 0.6) is 0 Å². The first-order valence-electron chi connectivity index (χ1n) is 11.8. The van der Waals surface area contributed by atoms with E-state index in [4.69, 9.17) is 0 Å². The number of benzene rings is 1. The van der Waals surface area contributed by atoms with Gasteiger partial charge in [-0.25, -0.2) is 0 Å². The molecule has 0 heterocycles. The summed E-state index contributed by atoms with van der Waals surface area (Å²) in [7, 11) is 0. The molecule has 0 aromatic heterocycles. The summed E-state index contributed by atoms with van der Waals surface area (Å²) < 4.78 is 0. The van der Waals surface area contributed by atoms with E-state index in [1.807, 2.05) is 0 Å². The van der Waals surface area contributed by atoms with Crippen LogP contribution in [0.2, 0.25) is 0 Å². The zero-order chi connectivity index (χ0) is 23.8. The molecular weight excluding hydrogens is 388 g/mol. The summed E-state index contributed by atoms with van der Waals surface area (Å²) in [5, 5.41) is 18.5. The molecule has 4 heteroatoms. The Morgan fingerprint density at radius 2 is 1.00 bits per heavy atom. The van der Waals surface area contributed by atoms with Gasteiger partial charge < -0.3 is 10.2 Å². The second kappa shape index (κ2) is 11.7. The minimum Gasteiger partial charge on any atom is -0.481 e. The van der Waals surface area contributed by atoms with Gasteiger partial charge in [0, 0.05) is 0 Å². The van der Waals surface area contributed by atoms with E-state index in [2.05, 4.69) is 26.8 Å². The second-order valence-electron chi connectivity index (χ2n) is 10.6. The number of carboxylic acids is 2. The molecule has 1 aromatic rings. The molecule has 31 heavy (non-hydrogen) atoms. The summed E-state index contributed by atoms with van der Waals surface area (Å²) in [5.41, 5.74) is 5.68. The maximum Gasteiger partial charge on any atom is 0.309 e. The topological polar surface area (TPSA) is 74.6 Å². The molecule has 0 aliphatic heterocycles. The van der Waals surface area contributed by atoms with Gasteiger partial charge in [0.05, 0.1) is 10.8 Å². The molecule has 0 saturated carbocycles. The average Bonchev–Trinajstić information content (AvgIpc) is 2.68. The molecule has 0 spiro atoms. The minimum atomic E-state index is -0.719. The van der Waals surface area contributed by atoms with E-state index in [1.54, 1.807) is 27.7 Å². The SMILES string of the molecule is Cc1c(CCCCCCC(C)(C)C(=O)O)cc(CCCCC(C)(C)C(=O)O)c(C)c1C. The summed E-state index contributed by atoms with van der Waals surface area (Å²) in [4.78, 5) is 22.5. The van der Waals surface area contributed by atoms with Crippen LogP contribution in [0, 0.1) is 31.6 Å². The lowest BCUT2D eigenvalue weighted by atomic mass is 9.85. The van der Waals surface area contributed by atoms with Crippen molar-refractivity contribution in [3.63, 3.8) is 0 Å². The van der Waals surface area contributed by atoms with Crippen LogP contribution in [-0.4, -0.2) is 22.2 Å². The molecule has 0 aliphatic rings. The number of carboxylic acid groups (broad SMARTS) is 2. The van der Waals surface area contributed by atoms with Crippen LogP contribution in [0.4, 0.5) is 0 Å². The van der Waals surface area contributed by atoms with Crippen molar-refractivity contribution >= 4 is 11.9 Å². The predicted octanol–water partition coefficient (Wildman–Crippen LogP) is 7.04. The highest BCUT2D eigenvalue weighted by Gasteiger charge is 2.26. The quantitative estimate of drug-likeness (QED) is 0.309. The summed E-state index contributed by atoms with van der Waals surface area (Å²) in [6, 6.07) is 2.37. The Labute approximate surface area is 189 Å². The lowest BCUT2D eigenvalue weighted by molar-refractivity contribution is -0.148. The lowest BCUT2D eigenvalue weighted by Gasteiger charge is -2.20. The monoisotopic (exact) mass is 432 g/mol. The minimum absolute atomic E-state index is 0.626. The lowest BCUT2D eigenvalue weighted by Crippen LogP contribution is -2.23. The van der Waals surface area contributed by atoms with Crippen molar-refractivity contribution in [1.29, 1.82) is 0 Å². The molecule has 0 aliphatic carbocycles. The highest BCUT2D eigenvalue weighted by molar-refractivity contribution is 5.73. The molecule has 0 saturated heterocycles. The molecule has 0 atom stereocenters. The third-order valence-electron chi connectivity index (χ3n) is 7.09. The normalized spacial score (nSPS) is 12.2. The molecule has 1 rings (SSSR count). The van der Waals surface area contributed by atoms with Crippen LogP contribution in [-0.2, 0) is 22.4 Å². The van der Waals surface area contributed by atoms with Gasteiger partial charge >= 0.3 is 11.9 Å². The van der Waals surface area contributed by atoms with Gasteiger partial charge in [-0.05, 0) is 115 Å². The standard InChI is InChI=1S/C27H44O4/c1-19-20(2)22(14-10-8-9-12-16-26(4,5)24(28)29)18-23(21(19)3)15-11-13-17-27(6,7)25(30)31/h18H,8-17H2,1-7H3,(H,28,29)(H,30,31). The molecule has 1 aromatic carbocycles. The number of hydrogen-bond donors (Lipinski definition) is 2. The number of unbranched alkanes of at least 4 members (excludes halogenated alkanes) is 4. The average molecular weight is 433 g/mol. The van der Waals surface area contributed by atoms with Gasteiger partial charge in [0.2, 0.25) is 0 Å². The highest BCUT2D eigenvalue weighted by atomic mass is 16.4. The van der Waals surface area contributed by atoms with E-state index < -0.39 is 22.8 Å². The molecule has 4 nitrogen and oxygen atoms in total. The van der Waals surface area contributed by atoms with E-state index >= 15 is 0 Å². The Balaban J connectivity index is 2.58. The van der Waals surface area contributed by atoms with Crippen molar-refractivity contribution in [2.24, 2.45) is 10.8 Å². The fourth-order valence-corrected chi connectivity index (χ4v) is 4.04. The van der Waals surface area contributed by atoms with Crippen LogP contribution in [0.1, 0.15) is 107 Å². The van der Waals surface area contributed by atoms with Crippen molar-refractivity contribution in [3.8, 4) is 0 Å². The van der Waals surface area contributed by atoms with Crippen LogP contribution in [0.15, 0.2) is 6.07 Å². The van der Waals surface area contributed by atoms with Crippen LogP contribution in [0.25, 0.3) is 0 Å². The first kappa shape index (κ1) is 27.2. The van der Waals surface area contributed by atoms with Gasteiger partial charge in [-0.2, -0.15) is 0 Å². The van der Waals surface area contributed by atoms with Crippen molar-refractivity contribution in [2.75, 3.05) is 0 Å². The summed E-state index contributed by atoms with van der Waals surface area (Å²) >= 11 is 0. The Hall–Kier alpha value is -1.84. The van der Waals surface area contributed by atoms with Crippen LogP contribution >= 0.6 is 0 Å². The maximum atomic E-state index is 11.3. The number of aliphatic carboxylic acids is 2. The fraction of sp³-hybridized carbons (Fsp3) is 0.704. The Morgan fingerprint density at radius 1 is 0.645 bits per heavy atom. The zero-order valence-electron chi connectivity index (χ0n) is 20.9. The molecule has 0 unspecified atom stereocenters. The number of aryl methyl sites for hydroxylation is 2. The Bertz CT molecular complexity index is 759. The first-order chi connectivity index (χ1) is 14.3. The third kappa shape index (κ3) is 8.31. The van der Waals surface area contributed by atoms with Crippen molar-refractivity contribution < 1.29 is 19.8 Å². The molecular formula is C27H44O4. The first-order valence-corrected chi connectivity index (χ1v) is 11.8. The summed E-state index contributed by atoms with van der Waals surface area (Å²) in [5.74, 6) is -1.43. The Morgan fingerprint density at radius 3 is 1.42 bits per heavy atom. The summed E-state index contributed by atoms with van der Waals surface area (Å²) in [6.45, 7) is 13.8. The van der Waals surface area contributed by atoms with E-state index in [9.17, 15) is 19.8 Å². The van der Waals surface area contributed by atoms with Crippen LogP contribution < -0.4 is 0 Å². The van der Waals surface area contributed by atoms with E-state index in [1.165, 1.54) is 27.8 Å². The highest BCUT2D eigenvalue weighted by Crippen LogP contribution is 2.28. The maximum absolute atomic E-state index is 11.3. The number of rotatable bonds is 14. The zero-order valence-corrected chi connectivity index (χ0v) is 20.9. The molecule has 176 valence electrons. The van der Waals surface area contributed by atoms with Gasteiger partial charge in [0.1, 0.15) is 0 Å². The van der Waals surface area contributed by atoms with Gasteiger partial charge in [0.25, 0.3) is 0 Å². The third-order valence-corrected chi connectivity index (χ3v) is 7.09. The van der Waals surface area contributed by atoms with E-state index in [-0.39, 0.29) is 0 Å². The fourth-order valence-electron chi connectivity index (χ4n) is 4.04.